The van der Waals surface area contributed by atoms with Crippen LogP contribution in [0.2, 0.25) is 5.02 Å². The summed E-state index contributed by atoms with van der Waals surface area (Å²) in [5, 5.41) is 3.57. The fourth-order valence-corrected chi connectivity index (χ4v) is 3.77. The van der Waals surface area contributed by atoms with Crippen LogP contribution in [0.25, 0.3) is 0 Å². The topological polar surface area (TPSA) is 55.4 Å². The van der Waals surface area contributed by atoms with Gasteiger partial charge in [0.05, 0.1) is 5.56 Å². The Balaban J connectivity index is 1.68. The molecule has 1 saturated carbocycles. The average Bonchev–Trinajstić information content (AvgIpc) is 3.07. The minimum Gasteiger partial charge on any atom is -0.483 e. The van der Waals surface area contributed by atoms with Gasteiger partial charge in [-0.15, -0.1) is 0 Å². The van der Waals surface area contributed by atoms with Crippen molar-refractivity contribution in [3.8, 4) is 5.75 Å². The van der Waals surface area contributed by atoms with Gasteiger partial charge in [-0.1, -0.05) is 31.4 Å². The van der Waals surface area contributed by atoms with Crippen LogP contribution in [0.15, 0.2) is 12.1 Å². The van der Waals surface area contributed by atoms with Crippen molar-refractivity contribution < 1.29 is 14.3 Å². The second kappa shape index (κ2) is 6.29. The zero-order valence-corrected chi connectivity index (χ0v) is 13.4. The molecule has 2 aliphatic rings. The second-order valence-electron chi connectivity index (χ2n) is 6.20. The van der Waals surface area contributed by atoms with Gasteiger partial charge in [0.15, 0.2) is 12.4 Å². The predicted molar refractivity (Wildman–Crippen MR) is 84.7 cm³/mol. The van der Waals surface area contributed by atoms with E-state index in [1.54, 1.807) is 12.1 Å². The van der Waals surface area contributed by atoms with Crippen molar-refractivity contribution in [2.75, 3.05) is 6.61 Å². The lowest BCUT2D eigenvalue weighted by molar-refractivity contribution is -0.123. The molecule has 2 aliphatic carbocycles. The molecule has 1 atom stereocenters. The number of amides is 1. The normalized spacial score (nSPS) is 21.0. The van der Waals surface area contributed by atoms with E-state index in [0.29, 0.717) is 22.8 Å². The zero-order chi connectivity index (χ0) is 15.7. The summed E-state index contributed by atoms with van der Waals surface area (Å²) < 4.78 is 5.60. The number of ether oxygens (including phenoxy) is 1. The number of carbonyl (C=O) groups is 2. The Kier molecular flexibility index (Phi) is 4.39. The van der Waals surface area contributed by atoms with Crippen molar-refractivity contribution in [2.45, 2.75) is 51.0 Å². The lowest BCUT2D eigenvalue weighted by Gasteiger charge is -2.14. The maximum absolute atomic E-state index is 12.1. The molecule has 0 bridgehead atoms. The molecule has 0 saturated heterocycles. The van der Waals surface area contributed by atoms with E-state index in [0.717, 1.165) is 18.4 Å². The van der Waals surface area contributed by atoms with Crippen LogP contribution in [0, 0.1) is 0 Å². The number of hydrogen-bond donors (Lipinski definition) is 1. The summed E-state index contributed by atoms with van der Waals surface area (Å²) >= 11 is 6.19. The Hall–Kier alpha value is -1.55. The van der Waals surface area contributed by atoms with Gasteiger partial charge >= 0.3 is 0 Å². The first-order valence-electron chi connectivity index (χ1n) is 7.84. The van der Waals surface area contributed by atoms with Gasteiger partial charge in [0, 0.05) is 17.5 Å². The first-order chi connectivity index (χ1) is 10.6. The minimum absolute atomic E-state index is 0.0381. The largest absolute Gasteiger partial charge is 0.483 e. The highest BCUT2D eigenvalue weighted by Crippen LogP contribution is 2.42. The molecule has 4 nitrogen and oxygen atoms in total. The van der Waals surface area contributed by atoms with Gasteiger partial charge in [-0.2, -0.15) is 0 Å². The molecule has 1 fully saturated rings. The Morgan fingerprint density at radius 3 is 2.82 bits per heavy atom. The van der Waals surface area contributed by atoms with E-state index in [1.807, 2.05) is 6.92 Å². The van der Waals surface area contributed by atoms with Crippen LogP contribution >= 0.6 is 11.6 Å². The molecule has 22 heavy (non-hydrogen) atoms. The number of Topliss-reactive ketones (excluding diaryl/α,β-unsaturated/α-hetero) is 1. The molecule has 0 aromatic heterocycles. The number of ketones is 1. The number of hydrogen-bond acceptors (Lipinski definition) is 3. The van der Waals surface area contributed by atoms with E-state index in [-0.39, 0.29) is 30.3 Å². The van der Waals surface area contributed by atoms with E-state index in [4.69, 9.17) is 16.3 Å². The highest BCUT2D eigenvalue weighted by atomic mass is 35.5. The van der Waals surface area contributed by atoms with Crippen molar-refractivity contribution in [1.29, 1.82) is 0 Å². The Bertz CT molecular complexity index is 608. The van der Waals surface area contributed by atoms with Crippen LogP contribution in [0.3, 0.4) is 0 Å². The van der Waals surface area contributed by atoms with Crippen LogP contribution in [0.4, 0.5) is 0 Å². The summed E-state index contributed by atoms with van der Waals surface area (Å²) in [4.78, 5) is 24.1. The van der Waals surface area contributed by atoms with Gasteiger partial charge in [0.25, 0.3) is 5.91 Å². The van der Waals surface area contributed by atoms with Crippen molar-refractivity contribution >= 4 is 23.3 Å². The smallest absolute Gasteiger partial charge is 0.258 e. The number of carbonyl (C=O) groups excluding carboxylic acids is 2. The molecule has 0 radical (unpaired) electrons. The van der Waals surface area contributed by atoms with Gasteiger partial charge in [-0.25, -0.2) is 0 Å². The minimum atomic E-state index is -0.130. The molecule has 118 valence electrons. The zero-order valence-electron chi connectivity index (χ0n) is 12.7. The van der Waals surface area contributed by atoms with Crippen LogP contribution in [0.5, 0.6) is 5.75 Å². The molecule has 1 N–H and O–H groups in total. The summed E-state index contributed by atoms with van der Waals surface area (Å²) in [6.07, 6.45) is 4.87. The molecule has 1 aromatic carbocycles. The van der Waals surface area contributed by atoms with Gasteiger partial charge in [0.2, 0.25) is 0 Å². The highest BCUT2D eigenvalue weighted by Gasteiger charge is 2.32. The molecule has 1 amide bonds. The van der Waals surface area contributed by atoms with Crippen LogP contribution in [-0.4, -0.2) is 24.3 Å². The SMILES string of the molecule is C[C@H]1CC(=O)c2c(OCC(=O)NC3CCCC3)ccc(Cl)c21. The van der Waals surface area contributed by atoms with Crippen LogP contribution in [0.1, 0.15) is 60.9 Å². The predicted octanol–water partition coefficient (Wildman–Crippen LogP) is 3.47. The summed E-state index contributed by atoms with van der Waals surface area (Å²) in [5.74, 6) is 0.478. The quantitative estimate of drug-likeness (QED) is 0.924. The number of fused-ring (bicyclic) bond motifs is 1. The number of benzene rings is 1. The molecule has 0 unspecified atom stereocenters. The standard InChI is InChI=1S/C17H20ClNO3/c1-10-8-13(20)17-14(7-6-12(18)16(10)17)22-9-15(21)19-11-4-2-3-5-11/h6-7,10-11H,2-5,8-9H2,1H3,(H,19,21)/t10-/m0/s1. The van der Waals surface area contributed by atoms with Gasteiger partial charge in [-0.05, 0) is 36.5 Å². The number of halogens is 1. The summed E-state index contributed by atoms with van der Waals surface area (Å²) in [7, 11) is 0. The number of rotatable bonds is 4. The third kappa shape index (κ3) is 2.98. The van der Waals surface area contributed by atoms with Crippen molar-refractivity contribution in [1.82, 2.24) is 5.32 Å². The molecule has 1 aromatic rings. The van der Waals surface area contributed by atoms with Crippen LogP contribution < -0.4 is 10.1 Å². The molecule has 3 rings (SSSR count). The van der Waals surface area contributed by atoms with Crippen molar-refractivity contribution in [2.24, 2.45) is 0 Å². The summed E-state index contributed by atoms with van der Waals surface area (Å²) in [5.41, 5.74) is 1.40. The van der Waals surface area contributed by atoms with E-state index < -0.39 is 0 Å². The highest BCUT2D eigenvalue weighted by molar-refractivity contribution is 6.32. The molecule has 0 heterocycles. The van der Waals surface area contributed by atoms with Gasteiger partial charge in [0.1, 0.15) is 5.75 Å². The first kappa shape index (κ1) is 15.3. The van der Waals surface area contributed by atoms with Gasteiger partial charge in [-0.3, -0.25) is 9.59 Å². The third-order valence-corrected chi connectivity index (χ3v) is 4.83. The fraction of sp³-hybridized carbons (Fsp3) is 0.529. The lowest BCUT2D eigenvalue weighted by Crippen LogP contribution is -2.36. The number of nitrogens with one attached hydrogen (secondary N) is 1. The first-order valence-corrected chi connectivity index (χ1v) is 8.22. The third-order valence-electron chi connectivity index (χ3n) is 4.50. The van der Waals surface area contributed by atoms with E-state index in [2.05, 4.69) is 5.32 Å². The molecule has 0 aliphatic heterocycles. The molecule has 5 heteroatoms. The molecule has 0 spiro atoms. The summed E-state index contributed by atoms with van der Waals surface area (Å²) in [6.45, 7) is 1.92. The lowest BCUT2D eigenvalue weighted by atomic mass is 10.0. The Morgan fingerprint density at radius 2 is 2.09 bits per heavy atom. The average molecular weight is 322 g/mol. The maximum atomic E-state index is 12.1. The summed E-state index contributed by atoms with van der Waals surface area (Å²) in [6, 6.07) is 3.69. The fourth-order valence-electron chi connectivity index (χ4n) is 3.43. The second-order valence-corrected chi connectivity index (χ2v) is 6.61. The van der Waals surface area contributed by atoms with E-state index in [9.17, 15) is 9.59 Å². The van der Waals surface area contributed by atoms with E-state index in [1.165, 1.54) is 12.8 Å². The van der Waals surface area contributed by atoms with Crippen LogP contribution in [-0.2, 0) is 4.79 Å². The maximum Gasteiger partial charge on any atom is 0.258 e. The Labute approximate surface area is 135 Å². The van der Waals surface area contributed by atoms with E-state index >= 15 is 0 Å². The van der Waals surface area contributed by atoms with Gasteiger partial charge < -0.3 is 10.1 Å². The van der Waals surface area contributed by atoms with Crippen molar-refractivity contribution in [3.63, 3.8) is 0 Å². The molecular weight excluding hydrogens is 302 g/mol. The monoisotopic (exact) mass is 321 g/mol. The molecular formula is C17H20ClNO3. The van der Waals surface area contributed by atoms with Crippen molar-refractivity contribution in [3.05, 3.63) is 28.3 Å². The Morgan fingerprint density at radius 1 is 1.36 bits per heavy atom.